The van der Waals surface area contributed by atoms with Crippen molar-refractivity contribution in [1.82, 2.24) is 0 Å². The zero-order valence-electron chi connectivity index (χ0n) is 18.3. The Hall–Kier alpha value is -3.67. The fraction of sp³-hybridized carbons (Fsp3) is 0.0323. The van der Waals surface area contributed by atoms with Crippen molar-refractivity contribution < 1.29 is 4.74 Å². The van der Waals surface area contributed by atoms with Gasteiger partial charge in [-0.1, -0.05) is 115 Å². The van der Waals surface area contributed by atoms with Crippen molar-refractivity contribution in [2.75, 3.05) is 0 Å². The Morgan fingerprint density at radius 3 is 1.55 bits per heavy atom. The first kappa shape index (κ1) is 21.2. The number of para-hydroxylation sites is 1. The fourth-order valence-corrected chi connectivity index (χ4v) is 6.31. The first-order valence-electron chi connectivity index (χ1n) is 11.2. The maximum absolute atomic E-state index is 5.93. The number of hydrogen-bond donors (Lipinski definition) is 0. The Morgan fingerprint density at radius 2 is 0.939 bits per heavy atom. The molecule has 0 spiro atoms. The molecule has 0 atom stereocenters. The number of ether oxygens (including phenoxy) is 1. The molecule has 0 radical (unpaired) electrons. The highest BCUT2D eigenvalue weighted by Crippen LogP contribution is 2.33. The second kappa shape index (κ2) is 10.3. The Kier molecular flexibility index (Phi) is 6.61. The predicted octanol–water partition coefficient (Wildman–Crippen LogP) is 6.83. The molecular weight excluding hydrogens is 419 g/mol. The van der Waals surface area contributed by atoms with Crippen molar-refractivity contribution in [1.29, 1.82) is 0 Å². The van der Waals surface area contributed by atoms with Crippen LogP contribution in [-0.4, -0.2) is 0 Å². The highest BCUT2D eigenvalue weighted by molar-refractivity contribution is 7.79. The average molecular weight is 445 g/mol. The monoisotopic (exact) mass is 444 g/mol. The summed E-state index contributed by atoms with van der Waals surface area (Å²) < 4.78 is 5.93. The van der Waals surface area contributed by atoms with Crippen LogP contribution in [0.5, 0.6) is 11.5 Å². The molecule has 0 aliphatic heterocycles. The summed E-state index contributed by atoms with van der Waals surface area (Å²) in [5, 5.41) is 4.13. The maximum Gasteiger partial charge on any atom is 0.127 e. The van der Waals surface area contributed by atoms with Gasteiger partial charge in [0, 0.05) is 0 Å². The highest BCUT2D eigenvalue weighted by Gasteiger charge is 2.16. The van der Waals surface area contributed by atoms with Crippen molar-refractivity contribution in [3.8, 4) is 11.5 Å². The molecule has 0 unspecified atom stereocenters. The molecule has 2 heteroatoms. The van der Waals surface area contributed by atoms with E-state index >= 15 is 0 Å². The largest absolute Gasteiger partial charge is 0.457 e. The second-order valence-electron chi connectivity index (χ2n) is 7.91. The van der Waals surface area contributed by atoms with E-state index < -0.39 is 7.92 Å². The lowest BCUT2D eigenvalue weighted by Crippen LogP contribution is -2.20. The summed E-state index contributed by atoms with van der Waals surface area (Å²) in [4.78, 5) is 0. The first-order chi connectivity index (χ1) is 16.3. The molecule has 0 N–H and O–H groups in total. The van der Waals surface area contributed by atoms with E-state index in [2.05, 4.69) is 97.1 Å². The van der Waals surface area contributed by atoms with E-state index in [9.17, 15) is 0 Å². The average Bonchev–Trinajstić information content (AvgIpc) is 2.88. The van der Waals surface area contributed by atoms with Crippen LogP contribution in [0.1, 0.15) is 11.1 Å². The van der Waals surface area contributed by atoms with Crippen LogP contribution < -0.4 is 20.7 Å². The van der Waals surface area contributed by atoms with Crippen LogP contribution in [0.3, 0.4) is 0 Å². The Morgan fingerprint density at radius 1 is 0.424 bits per heavy atom. The molecule has 0 amide bonds. The van der Waals surface area contributed by atoms with E-state index in [4.69, 9.17) is 4.74 Å². The molecule has 5 aromatic carbocycles. The predicted molar refractivity (Wildman–Crippen MR) is 141 cm³/mol. The molecule has 160 valence electrons. The van der Waals surface area contributed by atoms with Crippen molar-refractivity contribution in [3.63, 3.8) is 0 Å². The van der Waals surface area contributed by atoms with Crippen LogP contribution in [0.4, 0.5) is 0 Å². The zero-order chi connectivity index (χ0) is 22.3. The smallest absolute Gasteiger partial charge is 0.127 e. The normalized spacial score (nSPS) is 10.8. The SMILES string of the molecule is c1ccc(Oc2ccc(Cc3cccc(P(c4ccccc4)c4ccccc4)c3)cc2)cc1. The second-order valence-corrected chi connectivity index (χ2v) is 10.1. The third-order valence-corrected chi connectivity index (χ3v) is 7.93. The molecule has 0 saturated carbocycles. The summed E-state index contributed by atoms with van der Waals surface area (Å²) in [5.74, 6) is 1.71. The van der Waals surface area contributed by atoms with E-state index in [1.807, 2.05) is 42.5 Å². The molecule has 0 saturated heterocycles. The Balaban J connectivity index is 1.38. The van der Waals surface area contributed by atoms with Gasteiger partial charge in [-0.25, -0.2) is 0 Å². The van der Waals surface area contributed by atoms with Gasteiger partial charge in [0.15, 0.2) is 0 Å². The van der Waals surface area contributed by atoms with Crippen molar-refractivity contribution in [3.05, 3.63) is 151 Å². The van der Waals surface area contributed by atoms with Gasteiger partial charge in [-0.2, -0.15) is 0 Å². The molecule has 0 bridgehead atoms. The van der Waals surface area contributed by atoms with Gasteiger partial charge in [0.25, 0.3) is 0 Å². The molecular formula is C31H25OP. The van der Waals surface area contributed by atoms with Gasteiger partial charge in [0.1, 0.15) is 11.5 Å². The van der Waals surface area contributed by atoms with Gasteiger partial charge in [-0.3, -0.25) is 0 Å². The topological polar surface area (TPSA) is 9.23 Å². The lowest BCUT2D eigenvalue weighted by atomic mass is 10.1. The van der Waals surface area contributed by atoms with Crippen molar-refractivity contribution in [2.24, 2.45) is 0 Å². The van der Waals surface area contributed by atoms with Crippen LogP contribution in [0, 0.1) is 0 Å². The molecule has 0 heterocycles. The number of rotatable bonds is 7. The number of hydrogen-bond acceptors (Lipinski definition) is 1. The van der Waals surface area contributed by atoms with Crippen LogP contribution in [0.15, 0.2) is 140 Å². The molecule has 0 aliphatic rings. The van der Waals surface area contributed by atoms with Crippen LogP contribution in [0.25, 0.3) is 0 Å². The van der Waals surface area contributed by atoms with E-state index in [0.717, 1.165) is 17.9 Å². The quantitative estimate of drug-likeness (QED) is 0.250. The molecule has 5 aromatic rings. The lowest BCUT2D eigenvalue weighted by molar-refractivity contribution is 0.482. The molecule has 0 fully saturated rings. The van der Waals surface area contributed by atoms with Crippen molar-refractivity contribution >= 4 is 23.8 Å². The molecule has 5 rings (SSSR count). The van der Waals surface area contributed by atoms with E-state index in [1.54, 1.807) is 0 Å². The maximum atomic E-state index is 5.93. The highest BCUT2D eigenvalue weighted by atomic mass is 31.1. The third kappa shape index (κ3) is 5.40. The third-order valence-electron chi connectivity index (χ3n) is 5.51. The van der Waals surface area contributed by atoms with Crippen LogP contribution in [0.2, 0.25) is 0 Å². The summed E-state index contributed by atoms with van der Waals surface area (Å²) >= 11 is 0. The summed E-state index contributed by atoms with van der Waals surface area (Å²) in [5.41, 5.74) is 2.60. The standard InChI is InChI=1S/C31H25OP/c1-4-12-27(13-5-1)32-28-21-19-25(20-22-28)23-26-11-10-18-31(24-26)33(29-14-6-2-7-15-29)30-16-8-3-9-17-30/h1-22,24H,23H2. The lowest BCUT2D eigenvalue weighted by Gasteiger charge is -2.20. The summed E-state index contributed by atoms with van der Waals surface area (Å²) in [7, 11) is -0.590. The van der Waals surface area contributed by atoms with Gasteiger partial charge in [0.2, 0.25) is 0 Å². The molecule has 33 heavy (non-hydrogen) atoms. The zero-order valence-corrected chi connectivity index (χ0v) is 19.2. The summed E-state index contributed by atoms with van der Waals surface area (Å²) in [6, 6.07) is 49.1. The minimum absolute atomic E-state index is 0.590. The fourth-order valence-electron chi connectivity index (χ4n) is 3.94. The van der Waals surface area contributed by atoms with Gasteiger partial charge >= 0.3 is 0 Å². The molecule has 0 aliphatic carbocycles. The number of benzene rings is 5. The van der Waals surface area contributed by atoms with Crippen molar-refractivity contribution in [2.45, 2.75) is 6.42 Å². The Labute approximate surface area is 197 Å². The van der Waals surface area contributed by atoms with Crippen LogP contribution >= 0.6 is 7.92 Å². The van der Waals surface area contributed by atoms with E-state index in [0.29, 0.717) is 0 Å². The minimum atomic E-state index is -0.590. The first-order valence-corrected chi connectivity index (χ1v) is 12.5. The summed E-state index contributed by atoms with van der Waals surface area (Å²) in [6.45, 7) is 0. The Bertz CT molecular complexity index is 1240. The summed E-state index contributed by atoms with van der Waals surface area (Å²) in [6.07, 6.45) is 0.895. The van der Waals surface area contributed by atoms with Crippen LogP contribution in [-0.2, 0) is 6.42 Å². The van der Waals surface area contributed by atoms with E-state index in [-0.39, 0.29) is 0 Å². The van der Waals surface area contributed by atoms with Gasteiger partial charge in [0.05, 0.1) is 0 Å². The molecule has 1 nitrogen and oxygen atoms in total. The van der Waals surface area contributed by atoms with Gasteiger partial charge in [-0.15, -0.1) is 0 Å². The minimum Gasteiger partial charge on any atom is -0.457 e. The molecule has 0 aromatic heterocycles. The van der Waals surface area contributed by atoms with E-state index in [1.165, 1.54) is 27.0 Å². The van der Waals surface area contributed by atoms with Gasteiger partial charge in [-0.05, 0) is 65.6 Å². The van der Waals surface area contributed by atoms with Gasteiger partial charge < -0.3 is 4.74 Å².